The minimum Gasteiger partial charge on any atom is -0.338 e. The molecule has 2 rings (SSSR count). The predicted molar refractivity (Wildman–Crippen MR) is 65.3 cm³/mol. The largest absolute Gasteiger partial charge is 0.338 e. The molecule has 18 heavy (non-hydrogen) atoms. The smallest absolute Gasteiger partial charge is 0.319 e. The van der Waals surface area contributed by atoms with Gasteiger partial charge in [-0.25, -0.2) is 13.6 Å². The number of rotatable bonds is 3. The molecule has 0 radical (unpaired) electrons. The van der Waals surface area contributed by atoms with Crippen molar-refractivity contribution in [1.82, 2.24) is 5.32 Å². The molecule has 0 saturated heterocycles. The molecular formula is C13H16F2N2O. The minimum atomic E-state index is -0.646. The van der Waals surface area contributed by atoms with Gasteiger partial charge in [0, 0.05) is 12.6 Å². The van der Waals surface area contributed by atoms with Gasteiger partial charge in [0.1, 0.15) is 11.6 Å². The third-order valence-corrected chi connectivity index (χ3v) is 3.20. The van der Waals surface area contributed by atoms with Crippen LogP contribution < -0.4 is 10.6 Å². The van der Waals surface area contributed by atoms with Crippen molar-refractivity contribution in [2.45, 2.75) is 25.7 Å². The zero-order chi connectivity index (χ0) is 13.0. The molecule has 2 amide bonds. The van der Waals surface area contributed by atoms with Gasteiger partial charge in [0.05, 0.1) is 5.69 Å². The zero-order valence-corrected chi connectivity index (χ0v) is 10.0. The second-order valence-electron chi connectivity index (χ2n) is 4.61. The maximum atomic E-state index is 13.3. The quantitative estimate of drug-likeness (QED) is 0.854. The molecule has 0 atom stereocenters. The average molecular weight is 254 g/mol. The third-order valence-electron chi connectivity index (χ3n) is 3.20. The summed E-state index contributed by atoms with van der Waals surface area (Å²) in [6, 6.07) is 2.47. The maximum absolute atomic E-state index is 13.3. The molecular weight excluding hydrogens is 238 g/mol. The van der Waals surface area contributed by atoms with Crippen LogP contribution >= 0.6 is 0 Å². The summed E-state index contributed by atoms with van der Waals surface area (Å²) in [5.74, 6) is -0.719. The van der Waals surface area contributed by atoms with Crippen LogP contribution in [0.2, 0.25) is 0 Å². The summed E-state index contributed by atoms with van der Waals surface area (Å²) in [7, 11) is 0. The van der Waals surface area contributed by atoms with E-state index in [-0.39, 0.29) is 5.69 Å². The first kappa shape index (κ1) is 12.8. The summed E-state index contributed by atoms with van der Waals surface area (Å²) in [5, 5.41) is 4.99. The lowest BCUT2D eigenvalue weighted by Gasteiger charge is -2.12. The van der Waals surface area contributed by atoms with E-state index in [9.17, 15) is 13.6 Å². The van der Waals surface area contributed by atoms with Crippen LogP contribution in [0, 0.1) is 17.6 Å². The zero-order valence-electron chi connectivity index (χ0n) is 10.0. The summed E-state index contributed by atoms with van der Waals surface area (Å²) in [6.07, 6.45) is 4.64. The lowest BCUT2D eigenvalue weighted by atomic mass is 10.1. The normalized spacial score (nSPS) is 15.7. The van der Waals surface area contributed by atoms with Crippen LogP contribution in [0.1, 0.15) is 25.7 Å². The Morgan fingerprint density at radius 1 is 1.28 bits per heavy atom. The lowest BCUT2D eigenvalue weighted by molar-refractivity contribution is 0.250. The topological polar surface area (TPSA) is 41.1 Å². The highest BCUT2D eigenvalue weighted by molar-refractivity contribution is 5.89. The Morgan fingerprint density at radius 3 is 2.72 bits per heavy atom. The number of anilines is 1. The van der Waals surface area contributed by atoms with Crippen LogP contribution in [0.5, 0.6) is 0 Å². The number of urea groups is 1. The summed E-state index contributed by atoms with van der Waals surface area (Å²) >= 11 is 0. The molecule has 3 nitrogen and oxygen atoms in total. The third kappa shape index (κ3) is 3.42. The summed E-state index contributed by atoms with van der Waals surface area (Å²) in [6.45, 7) is 0.586. The van der Waals surface area contributed by atoms with E-state index in [1.807, 2.05) is 0 Å². The van der Waals surface area contributed by atoms with Crippen molar-refractivity contribution in [3.8, 4) is 0 Å². The van der Waals surface area contributed by atoms with E-state index in [1.165, 1.54) is 12.8 Å². The number of hydrogen-bond acceptors (Lipinski definition) is 1. The Labute approximate surface area is 105 Å². The van der Waals surface area contributed by atoms with E-state index in [1.54, 1.807) is 0 Å². The maximum Gasteiger partial charge on any atom is 0.319 e. The standard InChI is InChI=1S/C13H16F2N2O/c14-10-5-6-11(15)12(7-10)17-13(18)16-8-9-3-1-2-4-9/h5-7,9H,1-4,8H2,(H2,16,17,18). The van der Waals surface area contributed by atoms with E-state index in [0.29, 0.717) is 12.5 Å². The molecule has 0 aromatic heterocycles. The second-order valence-corrected chi connectivity index (χ2v) is 4.61. The molecule has 1 aromatic carbocycles. The lowest BCUT2D eigenvalue weighted by Crippen LogP contribution is -2.32. The van der Waals surface area contributed by atoms with Crippen LogP contribution in [0.15, 0.2) is 18.2 Å². The fourth-order valence-corrected chi connectivity index (χ4v) is 2.21. The molecule has 0 spiro atoms. The van der Waals surface area contributed by atoms with Gasteiger partial charge in [-0.05, 0) is 30.9 Å². The summed E-state index contributed by atoms with van der Waals surface area (Å²) in [5.41, 5.74) is -0.140. The van der Waals surface area contributed by atoms with Gasteiger partial charge < -0.3 is 10.6 Å². The van der Waals surface area contributed by atoms with Crippen molar-refractivity contribution in [1.29, 1.82) is 0 Å². The van der Waals surface area contributed by atoms with Crippen molar-refractivity contribution in [2.75, 3.05) is 11.9 Å². The van der Waals surface area contributed by atoms with Crippen molar-refractivity contribution in [3.05, 3.63) is 29.8 Å². The molecule has 0 heterocycles. The molecule has 2 N–H and O–H groups in total. The Morgan fingerprint density at radius 2 is 2.00 bits per heavy atom. The number of halogens is 2. The first-order valence-electron chi connectivity index (χ1n) is 6.15. The molecule has 1 aliphatic carbocycles. The van der Waals surface area contributed by atoms with E-state index >= 15 is 0 Å². The van der Waals surface area contributed by atoms with E-state index < -0.39 is 17.7 Å². The number of amides is 2. The van der Waals surface area contributed by atoms with E-state index in [0.717, 1.165) is 31.0 Å². The Kier molecular flexibility index (Phi) is 4.12. The summed E-state index contributed by atoms with van der Waals surface area (Å²) < 4.78 is 26.2. The average Bonchev–Trinajstić information content (AvgIpc) is 2.84. The number of nitrogens with one attached hydrogen (secondary N) is 2. The van der Waals surface area contributed by atoms with Crippen molar-refractivity contribution in [3.63, 3.8) is 0 Å². The molecule has 0 unspecified atom stereocenters. The van der Waals surface area contributed by atoms with Crippen LogP contribution in [-0.2, 0) is 0 Å². The van der Waals surface area contributed by atoms with Gasteiger partial charge in [-0.15, -0.1) is 0 Å². The fraction of sp³-hybridized carbons (Fsp3) is 0.462. The van der Waals surface area contributed by atoms with Gasteiger partial charge in [-0.1, -0.05) is 12.8 Å². The monoisotopic (exact) mass is 254 g/mol. The van der Waals surface area contributed by atoms with Gasteiger partial charge >= 0.3 is 6.03 Å². The Balaban J connectivity index is 1.84. The fourth-order valence-electron chi connectivity index (χ4n) is 2.21. The molecule has 0 bridgehead atoms. The number of hydrogen-bond donors (Lipinski definition) is 2. The molecule has 1 fully saturated rings. The first-order valence-corrected chi connectivity index (χ1v) is 6.15. The SMILES string of the molecule is O=C(NCC1CCCC1)Nc1cc(F)ccc1F. The van der Waals surface area contributed by atoms with E-state index in [2.05, 4.69) is 10.6 Å². The second kappa shape index (κ2) is 5.80. The first-order chi connectivity index (χ1) is 8.65. The Bertz CT molecular complexity index is 431. The van der Waals surface area contributed by atoms with Gasteiger partial charge in [0.2, 0.25) is 0 Å². The van der Waals surface area contributed by atoms with Gasteiger partial charge in [-0.3, -0.25) is 0 Å². The minimum absolute atomic E-state index is 0.140. The van der Waals surface area contributed by atoms with Gasteiger partial charge in [0.15, 0.2) is 0 Å². The predicted octanol–water partition coefficient (Wildman–Crippen LogP) is 3.28. The highest BCUT2D eigenvalue weighted by atomic mass is 19.1. The number of carbonyl (C=O) groups is 1. The molecule has 1 saturated carbocycles. The highest BCUT2D eigenvalue weighted by Gasteiger charge is 2.16. The van der Waals surface area contributed by atoms with Crippen LogP contribution in [-0.4, -0.2) is 12.6 Å². The van der Waals surface area contributed by atoms with Crippen molar-refractivity contribution >= 4 is 11.7 Å². The molecule has 5 heteroatoms. The van der Waals surface area contributed by atoms with Crippen molar-refractivity contribution in [2.24, 2.45) is 5.92 Å². The van der Waals surface area contributed by atoms with Crippen LogP contribution in [0.25, 0.3) is 0 Å². The van der Waals surface area contributed by atoms with E-state index in [4.69, 9.17) is 0 Å². The molecule has 0 aliphatic heterocycles. The molecule has 1 aromatic rings. The van der Waals surface area contributed by atoms with Crippen LogP contribution in [0.4, 0.5) is 19.3 Å². The number of benzene rings is 1. The molecule has 1 aliphatic rings. The highest BCUT2D eigenvalue weighted by Crippen LogP contribution is 2.23. The van der Waals surface area contributed by atoms with Gasteiger partial charge in [-0.2, -0.15) is 0 Å². The van der Waals surface area contributed by atoms with Crippen molar-refractivity contribution < 1.29 is 13.6 Å². The molecule has 98 valence electrons. The summed E-state index contributed by atoms with van der Waals surface area (Å²) in [4.78, 5) is 11.5. The van der Waals surface area contributed by atoms with Gasteiger partial charge in [0.25, 0.3) is 0 Å². The number of carbonyl (C=O) groups excluding carboxylic acids is 1. The Hall–Kier alpha value is -1.65. The van der Waals surface area contributed by atoms with Crippen LogP contribution in [0.3, 0.4) is 0 Å².